The fourth-order valence-electron chi connectivity index (χ4n) is 2.21. The maximum Gasteiger partial charge on any atom is 0.236 e. The van der Waals surface area contributed by atoms with Crippen molar-refractivity contribution in [2.75, 3.05) is 11.1 Å². The summed E-state index contributed by atoms with van der Waals surface area (Å²) in [5.74, 6) is 0.931. The van der Waals surface area contributed by atoms with E-state index in [1.165, 1.54) is 23.1 Å². The van der Waals surface area contributed by atoms with Gasteiger partial charge in [0.05, 0.1) is 11.4 Å². The number of thioether (sulfide) groups is 1. The molecule has 3 aromatic heterocycles. The van der Waals surface area contributed by atoms with Crippen LogP contribution in [0.4, 0.5) is 5.13 Å². The second kappa shape index (κ2) is 7.75. The molecule has 0 aliphatic carbocycles. The van der Waals surface area contributed by atoms with Crippen LogP contribution in [-0.2, 0) is 11.3 Å². The van der Waals surface area contributed by atoms with Gasteiger partial charge in [0, 0.05) is 29.4 Å². The standard InChI is InChI=1S/C16H18N6OS2/c1-4-22-14(12-5-7-17-8-6-12)20-21-16(22)24-9-13(23)19-15-18-10(2)11(3)25-15/h5-8H,4,9H2,1-3H3,(H,18,19,23). The number of thiazole rings is 1. The maximum absolute atomic E-state index is 12.2. The third kappa shape index (κ3) is 4.05. The summed E-state index contributed by atoms with van der Waals surface area (Å²) in [6, 6.07) is 3.79. The summed E-state index contributed by atoms with van der Waals surface area (Å²) < 4.78 is 1.99. The molecule has 0 aromatic carbocycles. The topological polar surface area (TPSA) is 85.6 Å². The Morgan fingerprint density at radius 3 is 2.68 bits per heavy atom. The van der Waals surface area contributed by atoms with Crippen molar-refractivity contribution < 1.29 is 4.79 Å². The van der Waals surface area contributed by atoms with Crippen LogP contribution in [0.15, 0.2) is 29.7 Å². The Hall–Kier alpha value is -2.26. The fourth-order valence-corrected chi connectivity index (χ4v) is 3.84. The largest absolute Gasteiger partial charge is 0.302 e. The molecule has 0 bridgehead atoms. The molecule has 0 aliphatic heterocycles. The number of carbonyl (C=O) groups excluding carboxylic acids is 1. The molecular weight excluding hydrogens is 356 g/mol. The predicted molar refractivity (Wildman–Crippen MR) is 99.9 cm³/mol. The van der Waals surface area contributed by atoms with Crippen molar-refractivity contribution in [1.82, 2.24) is 24.7 Å². The molecule has 0 unspecified atom stereocenters. The lowest BCUT2D eigenvalue weighted by atomic mass is 10.2. The number of nitrogens with zero attached hydrogens (tertiary/aromatic N) is 5. The van der Waals surface area contributed by atoms with Crippen LogP contribution in [0.2, 0.25) is 0 Å². The summed E-state index contributed by atoms with van der Waals surface area (Å²) in [5.41, 5.74) is 1.90. The average molecular weight is 374 g/mol. The monoisotopic (exact) mass is 374 g/mol. The molecule has 0 saturated heterocycles. The van der Waals surface area contributed by atoms with Crippen LogP contribution < -0.4 is 5.32 Å². The Morgan fingerprint density at radius 1 is 1.28 bits per heavy atom. The first kappa shape index (κ1) is 17.6. The van der Waals surface area contributed by atoms with E-state index in [0.29, 0.717) is 5.13 Å². The number of hydrogen-bond donors (Lipinski definition) is 1. The van der Waals surface area contributed by atoms with Crippen LogP contribution in [0.25, 0.3) is 11.4 Å². The van der Waals surface area contributed by atoms with Crippen LogP contribution in [0.5, 0.6) is 0 Å². The first-order valence-corrected chi connectivity index (χ1v) is 9.59. The SMILES string of the molecule is CCn1c(SCC(=O)Nc2nc(C)c(C)s2)nnc1-c1ccncc1. The molecule has 1 N–H and O–H groups in total. The van der Waals surface area contributed by atoms with E-state index in [-0.39, 0.29) is 11.7 Å². The predicted octanol–water partition coefficient (Wildman–Crippen LogP) is 3.16. The number of aryl methyl sites for hydroxylation is 2. The highest BCUT2D eigenvalue weighted by Crippen LogP contribution is 2.24. The smallest absolute Gasteiger partial charge is 0.236 e. The number of carbonyl (C=O) groups is 1. The molecule has 130 valence electrons. The Kier molecular flexibility index (Phi) is 5.44. The van der Waals surface area contributed by atoms with Crippen molar-refractivity contribution in [1.29, 1.82) is 0 Å². The Labute approximate surface area is 153 Å². The van der Waals surface area contributed by atoms with Gasteiger partial charge in [0.1, 0.15) is 0 Å². The van der Waals surface area contributed by atoms with E-state index >= 15 is 0 Å². The lowest BCUT2D eigenvalue weighted by molar-refractivity contribution is -0.113. The molecule has 3 heterocycles. The molecule has 0 radical (unpaired) electrons. The number of pyridine rings is 1. The van der Waals surface area contributed by atoms with Crippen LogP contribution in [0.1, 0.15) is 17.5 Å². The molecular formula is C16H18N6OS2. The quantitative estimate of drug-likeness (QED) is 0.667. The summed E-state index contributed by atoms with van der Waals surface area (Å²) >= 11 is 2.85. The van der Waals surface area contributed by atoms with Gasteiger partial charge >= 0.3 is 0 Å². The second-order valence-electron chi connectivity index (χ2n) is 5.28. The minimum Gasteiger partial charge on any atom is -0.302 e. The van der Waals surface area contributed by atoms with E-state index in [1.54, 1.807) is 12.4 Å². The number of rotatable bonds is 6. The number of nitrogens with one attached hydrogen (secondary N) is 1. The third-order valence-corrected chi connectivity index (χ3v) is 5.53. The van der Waals surface area contributed by atoms with E-state index in [2.05, 4.69) is 25.5 Å². The summed E-state index contributed by atoms with van der Waals surface area (Å²) in [4.78, 5) is 21.6. The van der Waals surface area contributed by atoms with Gasteiger partial charge < -0.3 is 9.88 Å². The van der Waals surface area contributed by atoms with Gasteiger partial charge in [-0.2, -0.15) is 0 Å². The fraction of sp³-hybridized carbons (Fsp3) is 0.312. The highest BCUT2D eigenvalue weighted by molar-refractivity contribution is 7.99. The van der Waals surface area contributed by atoms with Crippen molar-refractivity contribution in [3.8, 4) is 11.4 Å². The maximum atomic E-state index is 12.2. The van der Waals surface area contributed by atoms with Crippen molar-refractivity contribution in [3.05, 3.63) is 35.1 Å². The molecule has 9 heteroatoms. The van der Waals surface area contributed by atoms with Gasteiger partial charge in [-0.1, -0.05) is 11.8 Å². The Bertz CT molecular complexity index is 855. The van der Waals surface area contributed by atoms with E-state index in [1.807, 2.05) is 37.5 Å². The summed E-state index contributed by atoms with van der Waals surface area (Å²) in [5, 5.41) is 12.7. The molecule has 0 atom stereocenters. The van der Waals surface area contributed by atoms with Crippen LogP contribution in [0, 0.1) is 13.8 Å². The first-order valence-electron chi connectivity index (χ1n) is 7.78. The number of hydrogen-bond acceptors (Lipinski definition) is 7. The van der Waals surface area contributed by atoms with Gasteiger partial charge in [-0.15, -0.1) is 21.5 Å². The zero-order valence-electron chi connectivity index (χ0n) is 14.2. The normalized spacial score (nSPS) is 10.8. The summed E-state index contributed by atoms with van der Waals surface area (Å²) in [6.07, 6.45) is 3.45. The second-order valence-corrected chi connectivity index (χ2v) is 7.43. The molecule has 0 aliphatic rings. The zero-order valence-corrected chi connectivity index (χ0v) is 15.8. The lowest BCUT2D eigenvalue weighted by Gasteiger charge is -2.07. The van der Waals surface area contributed by atoms with Crippen molar-refractivity contribution in [2.45, 2.75) is 32.5 Å². The Balaban J connectivity index is 1.67. The van der Waals surface area contributed by atoms with Gasteiger partial charge in [0.15, 0.2) is 16.1 Å². The summed E-state index contributed by atoms with van der Waals surface area (Å²) in [6.45, 7) is 6.67. The highest BCUT2D eigenvalue weighted by Gasteiger charge is 2.15. The number of amides is 1. The molecule has 1 amide bonds. The number of anilines is 1. The van der Waals surface area contributed by atoms with Crippen molar-refractivity contribution in [3.63, 3.8) is 0 Å². The average Bonchev–Trinajstić information content (AvgIpc) is 3.16. The summed E-state index contributed by atoms with van der Waals surface area (Å²) in [7, 11) is 0. The van der Waals surface area contributed by atoms with Crippen LogP contribution in [-0.4, -0.2) is 36.4 Å². The van der Waals surface area contributed by atoms with Crippen molar-refractivity contribution in [2.24, 2.45) is 0 Å². The van der Waals surface area contributed by atoms with E-state index in [9.17, 15) is 4.79 Å². The van der Waals surface area contributed by atoms with E-state index < -0.39 is 0 Å². The molecule has 7 nitrogen and oxygen atoms in total. The zero-order chi connectivity index (χ0) is 17.8. The first-order chi connectivity index (χ1) is 12.1. The third-order valence-electron chi connectivity index (χ3n) is 3.58. The lowest BCUT2D eigenvalue weighted by Crippen LogP contribution is -2.14. The molecule has 3 rings (SSSR count). The van der Waals surface area contributed by atoms with Gasteiger partial charge in [0.2, 0.25) is 5.91 Å². The molecule has 0 saturated carbocycles. The Morgan fingerprint density at radius 2 is 2.04 bits per heavy atom. The van der Waals surface area contributed by atoms with Crippen LogP contribution in [0.3, 0.4) is 0 Å². The molecule has 25 heavy (non-hydrogen) atoms. The van der Waals surface area contributed by atoms with Gasteiger partial charge in [0.25, 0.3) is 0 Å². The van der Waals surface area contributed by atoms with E-state index in [0.717, 1.165) is 33.7 Å². The van der Waals surface area contributed by atoms with Gasteiger partial charge in [-0.05, 0) is 32.9 Å². The minimum absolute atomic E-state index is 0.102. The van der Waals surface area contributed by atoms with Gasteiger partial charge in [-0.3, -0.25) is 9.78 Å². The van der Waals surface area contributed by atoms with Crippen LogP contribution >= 0.6 is 23.1 Å². The molecule has 3 aromatic rings. The van der Waals surface area contributed by atoms with Gasteiger partial charge in [-0.25, -0.2) is 4.98 Å². The number of aromatic nitrogens is 5. The molecule has 0 fully saturated rings. The molecule has 0 spiro atoms. The van der Waals surface area contributed by atoms with Crippen molar-refractivity contribution >= 4 is 34.1 Å². The minimum atomic E-state index is -0.102. The highest BCUT2D eigenvalue weighted by atomic mass is 32.2. The van der Waals surface area contributed by atoms with E-state index in [4.69, 9.17) is 0 Å².